The molecule has 18 heavy (non-hydrogen) atoms. The number of thiophene rings is 1. The van der Waals surface area contributed by atoms with Crippen LogP contribution in [0.5, 0.6) is 0 Å². The lowest BCUT2D eigenvalue weighted by molar-refractivity contribution is 0.527. The fourth-order valence-corrected chi connectivity index (χ4v) is 3.26. The number of nitrogens with zero attached hydrogens (tertiary/aromatic N) is 2. The summed E-state index contributed by atoms with van der Waals surface area (Å²) in [4.78, 5) is 1.43. The highest BCUT2D eigenvalue weighted by molar-refractivity contribution is 9.10. The van der Waals surface area contributed by atoms with E-state index in [-0.39, 0.29) is 0 Å². The van der Waals surface area contributed by atoms with E-state index in [0.717, 1.165) is 23.1 Å². The van der Waals surface area contributed by atoms with Crippen molar-refractivity contribution < 1.29 is 0 Å². The Morgan fingerprint density at radius 2 is 2.33 bits per heavy atom. The summed E-state index contributed by atoms with van der Waals surface area (Å²) in [5.41, 5.74) is 2.24. The van der Waals surface area contributed by atoms with Gasteiger partial charge in [-0.2, -0.15) is 5.10 Å². The molecule has 2 aromatic rings. The molecular formula is C13H18BrN3S. The van der Waals surface area contributed by atoms with Gasteiger partial charge in [0, 0.05) is 24.5 Å². The topological polar surface area (TPSA) is 29.9 Å². The first kappa shape index (κ1) is 13.8. The van der Waals surface area contributed by atoms with E-state index in [1.54, 1.807) is 0 Å². The molecule has 0 amide bonds. The van der Waals surface area contributed by atoms with Gasteiger partial charge >= 0.3 is 0 Å². The Morgan fingerprint density at radius 3 is 2.89 bits per heavy atom. The molecule has 1 N–H and O–H groups in total. The molecule has 1 unspecified atom stereocenters. The molecule has 0 aliphatic carbocycles. The highest BCUT2D eigenvalue weighted by Gasteiger charge is 2.11. The molecule has 0 saturated heterocycles. The van der Waals surface area contributed by atoms with Crippen LogP contribution in [0.3, 0.4) is 0 Å². The van der Waals surface area contributed by atoms with Gasteiger partial charge in [-0.1, -0.05) is 6.07 Å². The Balaban J connectivity index is 1.91. The highest BCUT2D eigenvalue weighted by atomic mass is 79.9. The van der Waals surface area contributed by atoms with Gasteiger partial charge in [0.15, 0.2) is 0 Å². The van der Waals surface area contributed by atoms with Crippen LogP contribution in [0.15, 0.2) is 22.0 Å². The normalized spacial score (nSPS) is 12.9. The zero-order valence-electron chi connectivity index (χ0n) is 10.9. The van der Waals surface area contributed by atoms with E-state index in [1.165, 1.54) is 10.6 Å². The van der Waals surface area contributed by atoms with Gasteiger partial charge in [-0.25, -0.2) is 0 Å². The van der Waals surface area contributed by atoms with Crippen molar-refractivity contribution in [2.75, 3.05) is 0 Å². The molecule has 98 valence electrons. The monoisotopic (exact) mass is 327 g/mol. The molecule has 0 aromatic carbocycles. The fourth-order valence-electron chi connectivity index (χ4n) is 1.95. The van der Waals surface area contributed by atoms with Crippen LogP contribution in [0.4, 0.5) is 0 Å². The molecule has 2 rings (SSSR count). The smallest absolute Gasteiger partial charge is 0.0739 e. The van der Waals surface area contributed by atoms with Crippen molar-refractivity contribution in [3.05, 3.63) is 38.3 Å². The van der Waals surface area contributed by atoms with E-state index in [2.05, 4.69) is 50.8 Å². The summed E-state index contributed by atoms with van der Waals surface area (Å²) >= 11 is 5.41. The lowest BCUT2D eigenvalue weighted by Crippen LogP contribution is -2.28. The Kier molecular flexibility index (Phi) is 4.59. The molecule has 0 spiro atoms. The molecule has 5 heteroatoms. The number of nitrogens with one attached hydrogen (secondary N) is 1. The quantitative estimate of drug-likeness (QED) is 0.913. The highest BCUT2D eigenvalue weighted by Crippen LogP contribution is 2.20. The van der Waals surface area contributed by atoms with E-state index < -0.39 is 0 Å². The van der Waals surface area contributed by atoms with Gasteiger partial charge < -0.3 is 5.32 Å². The average molecular weight is 328 g/mol. The predicted octanol–water partition coefficient (Wildman–Crippen LogP) is 3.27. The summed E-state index contributed by atoms with van der Waals surface area (Å²) in [6.45, 7) is 5.07. The summed E-state index contributed by atoms with van der Waals surface area (Å²) in [5.74, 6) is 0. The third kappa shape index (κ3) is 3.22. The van der Waals surface area contributed by atoms with Crippen LogP contribution in [-0.4, -0.2) is 15.8 Å². The Labute approximate surface area is 120 Å². The van der Waals surface area contributed by atoms with Crippen molar-refractivity contribution in [3.63, 3.8) is 0 Å². The second-order valence-electron chi connectivity index (χ2n) is 4.54. The zero-order valence-corrected chi connectivity index (χ0v) is 13.3. The van der Waals surface area contributed by atoms with Gasteiger partial charge in [-0.05, 0) is 47.6 Å². The summed E-state index contributed by atoms with van der Waals surface area (Å²) < 4.78 is 3.05. The van der Waals surface area contributed by atoms with Crippen molar-refractivity contribution in [3.8, 4) is 0 Å². The van der Waals surface area contributed by atoms with Gasteiger partial charge in [-0.3, -0.25) is 4.68 Å². The first-order valence-corrected chi connectivity index (χ1v) is 7.69. The molecule has 0 aliphatic rings. The number of halogens is 1. The van der Waals surface area contributed by atoms with Gasteiger partial charge in [0.25, 0.3) is 0 Å². The van der Waals surface area contributed by atoms with Gasteiger partial charge in [0.2, 0.25) is 0 Å². The second kappa shape index (κ2) is 5.99. The van der Waals surface area contributed by atoms with Crippen molar-refractivity contribution >= 4 is 27.3 Å². The third-order valence-electron chi connectivity index (χ3n) is 2.97. The third-order valence-corrected chi connectivity index (χ3v) is 4.90. The van der Waals surface area contributed by atoms with Crippen LogP contribution in [0.1, 0.15) is 23.2 Å². The number of hydrogen-bond acceptors (Lipinski definition) is 3. The summed E-state index contributed by atoms with van der Waals surface area (Å²) in [5, 5.41) is 10.1. The lowest BCUT2D eigenvalue weighted by atomic mass is 10.2. The maximum atomic E-state index is 4.40. The van der Waals surface area contributed by atoms with Crippen LogP contribution in [0.2, 0.25) is 0 Å². The molecule has 0 fully saturated rings. The van der Waals surface area contributed by atoms with Gasteiger partial charge in [-0.15, -0.1) is 11.3 Å². The minimum Gasteiger partial charge on any atom is -0.308 e. The molecule has 3 nitrogen and oxygen atoms in total. The largest absolute Gasteiger partial charge is 0.308 e. The van der Waals surface area contributed by atoms with Crippen LogP contribution >= 0.6 is 27.3 Å². The van der Waals surface area contributed by atoms with Crippen LogP contribution in [-0.2, 0) is 20.0 Å². The van der Waals surface area contributed by atoms with E-state index in [4.69, 9.17) is 0 Å². The van der Waals surface area contributed by atoms with E-state index in [1.807, 2.05) is 30.0 Å². The summed E-state index contributed by atoms with van der Waals surface area (Å²) in [6.07, 6.45) is 1.08. The predicted molar refractivity (Wildman–Crippen MR) is 80.0 cm³/mol. The van der Waals surface area contributed by atoms with E-state index >= 15 is 0 Å². The number of rotatable bonds is 5. The minimum atomic E-state index is 0.464. The molecule has 0 aliphatic heterocycles. The first-order chi connectivity index (χ1) is 8.58. The van der Waals surface area contributed by atoms with Crippen LogP contribution in [0, 0.1) is 6.92 Å². The number of hydrogen-bond donors (Lipinski definition) is 1. The van der Waals surface area contributed by atoms with Crippen LogP contribution in [0.25, 0.3) is 0 Å². The lowest BCUT2D eigenvalue weighted by Gasteiger charge is -2.13. The Bertz CT molecular complexity index is 505. The van der Waals surface area contributed by atoms with Crippen molar-refractivity contribution in [2.24, 2.45) is 7.05 Å². The van der Waals surface area contributed by atoms with Gasteiger partial charge in [0.05, 0.1) is 15.9 Å². The average Bonchev–Trinajstić information content (AvgIpc) is 2.88. The standard InChI is InChI=1S/C13H18BrN3S/c1-9(7-11-5-4-6-18-11)15-8-12-13(14)10(2)16-17(12)3/h4-6,9,15H,7-8H2,1-3H3. The maximum absolute atomic E-state index is 4.40. The summed E-state index contributed by atoms with van der Waals surface area (Å²) in [6, 6.07) is 4.76. The number of aromatic nitrogens is 2. The van der Waals surface area contributed by atoms with Crippen molar-refractivity contribution in [2.45, 2.75) is 32.9 Å². The van der Waals surface area contributed by atoms with E-state index in [9.17, 15) is 0 Å². The SMILES string of the molecule is Cc1nn(C)c(CNC(C)Cc2cccs2)c1Br. The van der Waals surface area contributed by atoms with Crippen LogP contribution < -0.4 is 5.32 Å². The maximum Gasteiger partial charge on any atom is 0.0739 e. The minimum absolute atomic E-state index is 0.464. The Hall–Kier alpha value is -0.650. The molecule has 0 radical (unpaired) electrons. The molecule has 2 heterocycles. The molecular weight excluding hydrogens is 310 g/mol. The first-order valence-electron chi connectivity index (χ1n) is 6.01. The van der Waals surface area contributed by atoms with E-state index in [0.29, 0.717) is 6.04 Å². The van der Waals surface area contributed by atoms with Crippen molar-refractivity contribution in [1.82, 2.24) is 15.1 Å². The summed E-state index contributed by atoms with van der Waals surface area (Å²) in [7, 11) is 1.98. The van der Waals surface area contributed by atoms with Crippen molar-refractivity contribution in [1.29, 1.82) is 0 Å². The van der Waals surface area contributed by atoms with Gasteiger partial charge in [0.1, 0.15) is 0 Å². The zero-order chi connectivity index (χ0) is 13.1. The number of aryl methyl sites for hydroxylation is 2. The fraction of sp³-hybridized carbons (Fsp3) is 0.462. The second-order valence-corrected chi connectivity index (χ2v) is 6.36. The molecule has 0 saturated carbocycles. The molecule has 2 aromatic heterocycles. The Morgan fingerprint density at radius 1 is 1.56 bits per heavy atom. The molecule has 1 atom stereocenters. The molecule has 0 bridgehead atoms.